The predicted octanol–water partition coefficient (Wildman–Crippen LogP) is 2.52. The van der Waals surface area contributed by atoms with Gasteiger partial charge in [-0.3, -0.25) is 5.10 Å². The molecule has 8 heteroatoms. The fourth-order valence-corrected chi connectivity index (χ4v) is 3.07. The van der Waals surface area contributed by atoms with E-state index in [2.05, 4.69) is 30.4 Å². The number of H-pyrrole nitrogens is 1. The summed E-state index contributed by atoms with van der Waals surface area (Å²) in [6, 6.07) is 1.99. The first-order valence-electron chi connectivity index (χ1n) is 8.18. The molecule has 128 valence electrons. The number of aromatic nitrogens is 7. The first kappa shape index (κ1) is 15.5. The molecule has 0 amide bonds. The first-order chi connectivity index (χ1) is 12.0. The van der Waals surface area contributed by atoms with Crippen LogP contribution in [0.1, 0.15) is 34.2 Å². The summed E-state index contributed by atoms with van der Waals surface area (Å²) in [5.74, 6) is 1.11. The van der Waals surface area contributed by atoms with Crippen molar-refractivity contribution in [3.63, 3.8) is 0 Å². The van der Waals surface area contributed by atoms with E-state index in [0.717, 1.165) is 40.4 Å². The average Bonchev–Trinajstić information content (AvgIpc) is 3.25. The first-order valence-corrected chi connectivity index (χ1v) is 8.18. The Morgan fingerprint density at radius 1 is 1.12 bits per heavy atom. The lowest BCUT2D eigenvalue weighted by molar-refractivity contribution is 0.379. The third kappa shape index (κ3) is 2.69. The van der Waals surface area contributed by atoms with Crippen molar-refractivity contribution in [2.75, 3.05) is 0 Å². The number of fused-ring (bicyclic) bond motifs is 1. The van der Waals surface area contributed by atoms with E-state index < -0.39 is 0 Å². The number of rotatable bonds is 4. The quantitative estimate of drug-likeness (QED) is 0.614. The van der Waals surface area contributed by atoms with Crippen LogP contribution < -0.4 is 0 Å². The molecule has 0 saturated carbocycles. The Kier molecular flexibility index (Phi) is 3.60. The van der Waals surface area contributed by atoms with Gasteiger partial charge in [-0.1, -0.05) is 5.16 Å². The number of aryl methyl sites for hydroxylation is 5. The van der Waals surface area contributed by atoms with Crippen molar-refractivity contribution in [2.45, 2.75) is 40.5 Å². The molecular formula is C17H19N7O. The number of hydrogen-bond acceptors (Lipinski definition) is 6. The zero-order valence-electron chi connectivity index (χ0n) is 14.7. The fourth-order valence-electron chi connectivity index (χ4n) is 3.07. The number of nitrogens with zero attached hydrogens (tertiary/aromatic N) is 6. The normalized spacial score (nSPS) is 11.5. The van der Waals surface area contributed by atoms with Crippen LogP contribution in [0, 0.1) is 27.7 Å². The maximum atomic E-state index is 5.42. The lowest BCUT2D eigenvalue weighted by atomic mass is 10.1. The number of aromatic amines is 1. The molecule has 0 saturated heterocycles. The highest BCUT2D eigenvalue weighted by Crippen LogP contribution is 2.22. The molecule has 8 nitrogen and oxygen atoms in total. The lowest BCUT2D eigenvalue weighted by Gasteiger charge is -2.00. The lowest BCUT2D eigenvalue weighted by Crippen LogP contribution is -1.97. The Morgan fingerprint density at radius 3 is 2.72 bits per heavy atom. The zero-order chi connectivity index (χ0) is 17.6. The standard InChI is InChI=1S/C17H19N7O/c1-9-7-10(2)24-17(19-9)14(8-18-24)16-20-15(25-23-16)6-5-13-11(3)21-22-12(13)4/h7-8H,5-6H2,1-4H3,(H,21,22). The summed E-state index contributed by atoms with van der Waals surface area (Å²) in [5.41, 5.74) is 6.75. The summed E-state index contributed by atoms with van der Waals surface area (Å²) in [6.45, 7) is 7.97. The minimum Gasteiger partial charge on any atom is -0.339 e. The second kappa shape index (κ2) is 5.80. The molecule has 0 aliphatic rings. The van der Waals surface area contributed by atoms with E-state index in [1.807, 2.05) is 33.8 Å². The van der Waals surface area contributed by atoms with Gasteiger partial charge in [-0.2, -0.15) is 15.2 Å². The van der Waals surface area contributed by atoms with Crippen molar-refractivity contribution in [1.82, 2.24) is 34.9 Å². The molecule has 0 radical (unpaired) electrons. The van der Waals surface area contributed by atoms with Crippen LogP contribution in [-0.2, 0) is 12.8 Å². The van der Waals surface area contributed by atoms with Gasteiger partial charge in [0.2, 0.25) is 11.7 Å². The van der Waals surface area contributed by atoms with E-state index in [0.29, 0.717) is 18.1 Å². The average molecular weight is 337 g/mol. The predicted molar refractivity (Wildman–Crippen MR) is 91.2 cm³/mol. The molecule has 4 heterocycles. The minimum atomic E-state index is 0.517. The van der Waals surface area contributed by atoms with Crippen LogP contribution >= 0.6 is 0 Å². The van der Waals surface area contributed by atoms with Gasteiger partial charge in [0.05, 0.1) is 17.5 Å². The second-order valence-electron chi connectivity index (χ2n) is 6.26. The smallest absolute Gasteiger partial charge is 0.227 e. The second-order valence-corrected chi connectivity index (χ2v) is 6.26. The van der Waals surface area contributed by atoms with E-state index in [-0.39, 0.29) is 0 Å². The Hall–Kier alpha value is -3.03. The number of nitrogens with one attached hydrogen (secondary N) is 1. The van der Waals surface area contributed by atoms with Crippen molar-refractivity contribution in [1.29, 1.82) is 0 Å². The summed E-state index contributed by atoms with van der Waals surface area (Å²) < 4.78 is 7.21. The van der Waals surface area contributed by atoms with Gasteiger partial charge in [-0.25, -0.2) is 9.50 Å². The molecule has 1 N–H and O–H groups in total. The van der Waals surface area contributed by atoms with Gasteiger partial charge in [0.25, 0.3) is 0 Å². The highest BCUT2D eigenvalue weighted by Gasteiger charge is 2.17. The van der Waals surface area contributed by atoms with Crippen molar-refractivity contribution in [3.05, 3.63) is 46.5 Å². The fraction of sp³-hybridized carbons (Fsp3) is 0.353. The minimum absolute atomic E-state index is 0.517. The largest absolute Gasteiger partial charge is 0.339 e. The SMILES string of the molecule is Cc1cc(C)n2ncc(-c3noc(CCc4c(C)n[nH]c4C)n3)c2n1. The topological polar surface area (TPSA) is 97.8 Å². The number of hydrogen-bond donors (Lipinski definition) is 1. The third-order valence-electron chi connectivity index (χ3n) is 4.36. The molecule has 0 spiro atoms. The van der Waals surface area contributed by atoms with Crippen LogP contribution in [0.3, 0.4) is 0 Å². The molecule has 4 aromatic rings. The third-order valence-corrected chi connectivity index (χ3v) is 4.36. The molecule has 0 aliphatic carbocycles. The monoisotopic (exact) mass is 337 g/mol. The van der Waals surface area contributed by atoms with Gasteiger partial charge in [0.1, 0.15) is 0 Å². The molecule has 0 aromatic carbocycles. The summed E-state index contributed by atoms with van der Waals surface area (Å²) in [5, 5.41) is 15.7. The Labute approximate surface area is 144 Å². The van der Waals surface area contributed by atoms with Gasteiger partial charge < -0.3 is 4.52 Å². The molecule has 4 aromatic heterocycles. The molecule has 0 aliphatic heterocycles. The van der Waals surface area contributed by atoms with Gasteiger partial charge >= 0.3 is 0 Å². The van der Waals surface area contributed by atoms with E-state index >= 15 is 0 Å². The van der Waals surface area contributed by atoms with Crippen LogP contribution in [0.5, 0.6) is 0 Å². The van der Waals surface area contributed by atoms with Crippen LogP contribution in [-0.4, -0.2) is 34.9 Å². The Balaban J connectivity index is 1.61. The molecule has 0 unspecified atom stereocenters. The molecule has 4 rings (SSSR count). The summed E-state index contributed by atoms with van der Waals surface area (Å²) in [7, 11) is 0. The van der Waals surface area contributed by atoms with Gasteiger partial charge in [-0.05, 0) is 45.7 Å². The van der Waals surface area contributed by atoms with Crippen LogP contribution in [0.15, 0.2) is 16.8 Å². The van der Waals surface area contributed by atoms with Crippen molar-refractivity contribution >= 4 is 5.65 Å². The van der Waals surface area contributed by atoms with Crippen molar-refractivity contribution < 1.29 is 4.52 Å². The van der Waals surface area contributed by atoms with Gasteiger partial charge in [0.15, 0.2) is 5.65 Å². The molecule has 0 fully saturated rings. The highest BCUT2D eigenvalue weighted by molar-refractivity contribution is 5.72. The van der Waals surface area contributed by atoms with Crippen molar-refractivity contribution in [2.24, 2.45) is 0 Å². The Bertz CT molecular complexity index is 1040. The summed E-state index contributed by atoms with van der Waals surface area (Å²) in [4.78, 5) is 9.08. The summed E-state index contributed by atoms with van der Waals surface area (Å²) >= 11 is 0. The highest BCUT2D eigenvalue weighted by atomic mass is 16.5. The molecule has 0 bridgehead atoms. The van der Waals surface area contributed by atoms with Crippen LogP contribution in [0.4, 0.5) is 0 Å². The van der Waals surface area contributed by atoms with E-state index in [1.165, 1.54) is 5.56 Å². The molecule has 0 atom stereocenters. The molecular weight excluding hydrogens is 318 g/mol. The maximum Gasteiger partial charge on any atom is 0.227 e. The van der Waals surface area contributed by atoms with E-state index in [9.17, 15) is 0 Å². The molecule has 25 heavy (non-hydrogen) atoms. The summed E-state index contributed by atoms with van der Waals surface area (Å²) in [6.07, 6.45) is 3.20. The Morgan fingerprint density at radius 2 is 1.96 bits per heavy atom. The van der Waals surface area contributed by atoms with Crippen molar-refractivity contribution in [3.8, 4) is 11.4 Å². The van der Waals surface area contributed by atoms with Crippen LogP contribution in [0.2, 0.25) is 0 Å². The van der Waals surface area contributed by atoms with E-state index in [4.69, 9.17) is 4.52 Å². The maximum absolute atomic E-state index is 5.42. The van der Waals surface area contributed by atoms with Gasteiger partial charge in [0, 0.05) is 23.5 Å². The van der Waals surface area contributed by atoms with Gasteiger partial charge in [-0.15, -0.1) is 0 Å². The zero-order valence-corrected chi connectivity index (χ0v) is 14.7. The van der Waals surface area contributed by atoms with E-state index in [1.54, 1.807) is 10.7 Å². The van der Waals surface area contributed by atoms with Crippen LogP contribution in [0.25, 0.3) is 17.0 Å².